The van der Waals surface area contributed by atoms with Gasteiger partial charge in [-0.25, -0.2) is 4.39 Å². The van der Waals surface area contributed by atoms with E-state index in [0.29, 0.717) is 16.9 Å². The summed E-state index contributed by atoms with van der Waals surface area (Å²) in [7, 11) is 0. The van der Waals surface area contributed by atoms with Crippen LogP contribution in [0.4, 0.5) is 4.39 Å². The van der Waals surface area contributed by atoms with Gasteiger partial charge in [0, 0.05) is 5.56 Å². The molecule has 2 aromatic heterocycles. The van der Waals surface area contributed by atoms with Crippen LogP contribution in [0.5, 0.6) is 0 Å². The van der Waals surface area contributed by atoms with Crippen molar-refractivity contribution in [3.05, 3.63) is 47.5 Å². The van der Waals surface area contributed by atoms with Crippen molar-refractivity contribution in [3.8, 4) is 11.3 Å². The Bertz CT molecular complexity index is 695. The zero-order valence-corrected chi connectivity index (χ0v) is 9.26. The number of rotatable bonds is 1. The molecule has 0 saturated carbocycles. The van der Waals surface area contributed by atoms with Crippen molar-refractivity contribution in [3.63, 3.8) is 0 Å². The molecule has 0 unspecified atom stereocenters. The van der Waals surface area contributed by atoms with Crippen LogP contribution < -0.4 is 0 Å². The zero-order valence-electron chi connectivity index (χ0n) is 8.51. The molecule has 0 amide bonds. The predicted molar refractivity (Wildman–Crippen MR) is 61.2 cm³/mol. The quantitative estimate of drug-likeness (QED) is 0.665. The van der Waals surface area contributed by atoms with E-state index in [0.717, 1.165) is 0 Å². The molecule has 3 aromatic rings. The van der Waals surface area contributed by atoms with Gasteiger partial charge in [-0.2, -0.15) is 9.61 Å². The second kappa shape index (κ2) is 3.78. The number of nitrogens with zero attached hydrogens (tertiary/aromatic N) is 4. The van der Waals surface area contributed by atoms with Gasteiger partial charge < -0.3 is 0 Å². The Morgan fingerprint density at radius 1 is 1.06 bits per heavy atom. The smallest absolute Gasteiger partial charge is 0.206 e. The van der Waals surface area contributed by atoms with Crippen molar-refractivity contribution in [2.24, 2.45) is 0 Å². The normalized spacial score (nSPS) is 10.9. The summed E-state index contributed by atoms with van der Waals surface area (Å²) < 4.78 is 15.0. The summed E-state index contributed by atoms with van der Waals surface area (Å²) >= 11 is 5.80. The molecule has 0 N–H and O–H groups in total. The van der Waals surface area contributed by atoms with Crippen LogP contribution in [-0.2, 0) is 0 Å². The minimum Gasteiger partial charge on any atom is -0.206 e. The van der Waals surface area contributed by atoms with Gasteiger partial charge in [-0.15, -0.1) is 10.2 Å². The second-order valence-corrected chi connectivity index (χ2v) is 3.78. The summed E-state index contributed by atoms with van der Waals surface area (Å²) in [4.78, 5) is 0. The maximum atomic E-state index is 13.6. The molecule has 0 aliphatic carbocycles. The highest BCUT2D eigenvalue weighted by Gasteiger charge is 2.09. The van der Waals surface area contributed by atoms with Gasteiger partial charge in [0.25, 0.3) is 0 Å². The fourth-order valence-electron chi connectivity index (χ4n) is 1.58. The summed E-state index contributed by atoms with van der Waals surface area (Å²) in [6.07, 6.45) is 0. The van der Waals surface area contributed by atoms with Gasteiger partial charge in [0.15, 0.2) is 5.65 Å². The number of aromatic nitrogens is 4. The summed E-state index contributed by atoms with van der Waals surface area (Å²) in [5.41, 5.74) is 1.42. The lowest BCUT2D eigenvalue weighted by Gasteiger charge is -2.02. The van der Waals surface area contributed by atoms with Gasteiger partial charge in [0.05, 0.1) is 5.69 Å². The molecule has 3 rings (SSSR count). The highest BCUT2D eigenvalue weighted by Crippen LogP contribution is 2.21. The average molecular weight is 249 g/mol. The van der Waals surface area contributed by atoms with Crippen LogP contribution in [0.25, 0.3) is 16.9 Å². The molecule has 0 aliphatic rings. The van der Waals surface area contributed by atoms with Gasteiger partial charge in [-0.05, 0) is 35.9 Å². The molecule has 0 radical (unpaired) electrons. The van der Waals surface area contributed by atoms with Gasteiger partial charge >= 0.3 is 0 Å². The highest BCUT2D eigenvalue weighted by molar-refractivity contribution is 6.28. The molecule has 0 aliphatic heterocycles. The number of halogens is 2. The van der Waals surface area contributed by atoms with Crippen molar-refractivity contribution in [1.82, 2.24) is 19.8 Å². The highest BCUT2D eigenvalue weighted by atomic mass is 35.5. The number of hydrogen-bond donors (Lipinski definition) is 0. The van der Waals surface area contributed by atoms with E-state index < -0.39 is 0 Å². The van der Waals surface area contributed by atoms with E-state index in [1.807, 2.05) is 0 Å². The molecular weight excluding hydrogens is 243 g/mol. The molecule has 0 atom stereocenters. The van der Waals surface area contributed by atoms with E-state index in [-0.39, 0.29) is 11.1 Å². The second-order valence-electron chi connectivity index (χ2n) is 3.44. The maximum Gasteiger partial charge on any atom is 0.246 e. The number of fused-ring (bicyclic) bond motifs is 1. The fourth-order valence-corrected chi connectivity index (χ4v) is 1.74. The molecule has 17 heavy (non-hydrogen) atoms. The molecule has 0 fully saturated rings. The Morgan fingerprint density at radius 3 is 2.71 bits per heavy atom. The van der Waals surface area contributed by atoms with Crippen molar-refractivity contribution >= 4 is 17.2 Å². The molecule has 2 heterocycles. The van der Waals surface area contributed by atoms with Crippen LogP contribution in [0.2, 0.25) is 5.28 Å². The van der Waals surface area contributed by atoms with Crippen molar-refractivity contribution in [2.45, 2.75) is 0 Å². The van der Waals surface area contributed by atoms with Crippen LogP contribution >= 0.6 is 11.6 Å². The van der Waals surface area contributed by atoms with Crippen molar-refractivity contribution in [1.29, 1.82) is 0 Å². The first kappa shape index (κ1) is 10.2. The third-order valence-corrected chi connectivity index (χ3v) is 2.61. The third-order valence-electron chi connectivity index (χ3n) is 2.37. The van der Waals surface area contributed by atoms with Gasteiger partial charge in [-0.3, -0.25) is 0 Å². The van der Waals surface area contributed by atoms with Crippen molar-refractivity contribution < 1.29 is 4.39 Å². The Morgan fingerprint density at radius 2 is 1.88 bits per heavy atom. The van der Waals surface area contributed by atoms with Crippen molar-refractivity contribution in [2.75, 3.05) is 0 Å². The number of benzene rings is 1. The summed E-state index contributed by atoms with van der Waals surface area (Å²) in [6, 6.07) is 9.78. The lowest BCUT2D eigenvalue weighted by molar-refractivity contribution is 0.630. The molecule has 1 aromatic carbocycles. The first-order valence-electron chi connectivity index (χ1n) is 4.88. The average Bonchev–Trinajstić information content (AvgIpc) is 2.71. The van der Waals surface area contributed by atoms with E-state index in [2.05, 4.69) is 15.3 Å². The van der Waals surface area contributed by atoms with E-state index >= 15 is 0 Å². The Labute approximate surface area is 101 Å². The Kier molecular flexibility index (Phi) is 2.26. The fraction of sp³-hybridized carbons (Fsp3) is 0. The monoisotopic (exact) mass is 248 g/mol. The van der Waals surface area contributed by atoms with Crippen LogP contribution in [0.15, 0.2) is 36.4 Å². The third kappa shape index (κ3) is 1.64. The van der Waals surface area contributed by atoms with Gasteiger partial charge in [-0.1, -0.05) is 12.1 Å². The molecule has 4 nitrogen and oxygen atoms in total. The van der Waals surface area contributed by atoms with E-state index in [1.54, 1.807) is 30.3 Å². The molecule has 6 heteroatoms. The first-order valence-corrected chi connectivity index (χ1v) is 5.26. The molecule has 0 saturated heterocycles. The van der Waals surface area contributed by atoms with Crippen LogP contribution in [0.3, 0.4) is 0 Å². The largest absolute Gasteiger partial charge is 0.246 e. The minimum atomic E-state index is -0.330. The SMILES string of the molecule is Fc1ccccc1-c1ccc2nnc(Cl)n2n1. The minimum absolute atomic E-state index is 0.151. The maximum absolute atomic E-state index is 13.6. The lowest BCUT2D eigenvalue weighted by atomic mass is 10.1. The molecule has 84 valence electrons. The predicted octanol–water partition coefficient (Wildman–Crippen LogP) is 2.58. The standard InChI is InChI=1S/C11H6ClFN4/c12-11-15-14-10-6-5-9(16-17(10)11)7-3-1-2-4-8(7)13/h1-6H. The number of hydrogen-bond acceptors (Lipinski definition) is 3. The molecule has 0 bridgehead atoms. The van der Waals surface area contributed by atoms with E-state index in [1.165, 1.54) is 10.6 Å². The Hall–Kier alpha value is -2.01. The lowest BCUT2D eigenvalue weighted by Crippen LogP contribution is -1.95. The molecular formula is C11H6ClFN4. The van der Waals surface area contributed by atoms with Crippen LogP contribution in [0, 0.1) is 5.82 Å². The summed E-state index contributed by atoms with van der Waals surface area (Å²) in [5, 5.41) is 11.8. The van der Waals surface area contributed by atoms with Gasteiger partial charge in [0.2, 0.25) is 5.28 Å². The molecule has 0 spiro atoms. The van der Waals surface area contributed by atoms with E-state index in [4.69, 9.17) is 11.6 Å². The van der Waals surface area contributed by atoms with Crippen LogP contribution in [0.1, 0.15) is 0 Å². The van der Waals surface area contributed by atoms with Gasteiger partial charge in [0.1, 0.15) is 5.82 Å². The Balaban J connectivity index is 2.24. The summed E-state index contributed by atoms with van der Waals surface area (Å²) in [6.45, 7) is 0. The topological polar surface area (TPSA) is 43.1 Å². The summed E-state index contributed by atoms with van der Waals surface area (Å²) in [5.74, 6) is -0.330. The first-order chi connectivity index (χ1) is 8.25. The zero-order chi connectivity index (χ0) is 11.8. The van der Waals surface area contributed by atoms with E-state index in [9.17, 15) is 4.39 Å². The van der Waals surface area contributed by atoms with Crippen LogP contribution in [-0.4, -0.2) is 19.8 Å².